The van der Waals surface area contributed by atoms with Gasteiger partial charge in [0.05, 0.1) is 31.0 Å². The van der Waals surface area contributed by atoms with Crippen LogP contribution in [0, 0.1) is 0 Å². The summed E-state index contributed by atoms with van der Waals surface area (Å²) in [5.41, 5.74) is -0.315. The molecule has 0 aromatic rings. The second-order valence-corrected chi connectivity index (χ2v) is 9.74. The fourth-order valence-electron chi connectivity index (χ4n) is 3.60. The molecule has 0 saturated carbocycles. The van der Waals surface area contributed by atoms with E-state index < -0.39 is 6.10 Å². The summed E-state index contributed by atoms with van der Waals surface area (Å²) in [7, 11) is 1.44. The quantitative estimate of drug-likeness (QED) is 0.117. The highest BCUT2D eigenvalue weighted by molar-refractivity contribution is 5.68. The third kappa shape index (κ3) is 18.6. The van der Waals surface area contributed by atoms with Gasteiger partial charge in [0, 0.05) is 13.0 Å². The maximum absolute atomic E-state index is 11.1. The van der Waals surface area contributed by atoms with Crippen molar-refractivity contribution in [1.29, 1.82) is 0 Å². The number of aliphatic hydroxyl groups excluding tert-OH is 1. The number of carbonyl (C=O) groups is 1. The van der Waals surface area contributed by atoms with Crippen LogP contribution in [0.25, 0.3) is 0 Å². The second kappa shape index (κ2) is 19.5. The normalized spacial score (nSPS) is 14.2. The lowest BCUT2D eigenvalue weighted by Gasteiger charge is -2.33. The molecular weight excluding hydrogens is 404 g/mol. The highest BCUT2D eigenvalue weighted by Gasteiger charge is 2.27. The number of unbranched alkanes of at least 4 members (excludes halogenated alkanes) is 7. The van der Waals surface area contributed by atoms with Crippen LogP contribution in [-0.4, -0.2) is 48.7 Å². The summed E-state index contributed by atoms with van der Waals surface area (Å²) in [6, 6.07) is 0. The van der Waals surface area contributed by atoms with Crippen LogP contribution < -0.4 is 0 Å². The highest BCUT2D eigenvalue weighted by Crippen LogP contribution is 2.24. The Morgan fingerprint density at radius 3 is 2.34 bits per heavy atom. The summed E-state index contributed by atoms with van der Waals surface area (Å²) < 4.78 is 16.7. The Labute approximate surface area is 198 Å². The molecule has 0 saturated heterocycles. The molecule has 0 aliphatic rings. The number of hydrogen-bond acceptors (Lipinski definition) is 5. The molecule has 32 heavy (non-hydrogen) atoms. The van der Waals surface area contributed by atoms with Gasteiger partial charge in [-0.05, 0) is 66.2 Å². The van der Waals surface area contributed by atoms with Crippen LogP contribution in [0.3, 0.4) is 0 Å². The zero-order chi connectivity index (χ0) is 24.2. The number of aliphatic hydroxyl groups is 1. The van der Waals surface area contributed by atoms with Gasteiger partial charge < -0.3 is 19.3 Å². The summed E-state index contributed by atoms with van der Waals surface area (Å²) in [6.07, 6.45) is 16.6. The Bertz CT molecular complexity index is 473. The van der Waals surface area contributed by atoms with E-state index in [1.54, 1.807) is 0 Å². The van der Waals surface area contributed by atoms with E-state index in [1.807, 2.05) is 13.8 Å². The highest BCUT2D eigenvalue weighted by atomic mass is 16.5. The monoisotopic (exact) mass is 456 g/mol. The third-order valence-corrected chi connectivity index (χ3v) is 5.67. The smallest absolute Gasteiger partial charge is 0.305 e. The van der Waals surface area contributed by atoms with Gasteiger partial charge in [-0.25, -0.2) is 0 Å². The van der Waals surface area contributed by atoms with E-state index in [1.165, 1.54) is 20.0 Å². The Morgan fingerprint density at radius 2 is 1.69 bits per heavy atom. The topological polar surface area (TPSA) is 65.0 Å². The molecule has 0 aromatic heterocycles. The zero-order valence-electron chi connectivity index (χ0n) is 21.9. The molecule has 0 aliphatic heterocycles. The summed E-state index contributed by atoms with van der Waals surface area (Å²) in [6.45, 7) is 11.1. The van der Waals surface area contributed by atoms with E-state index in [2.05, 4.69) is 37.7 Å². The van der Waals surface area contributed by atoms with Crippen molar-refractivity contribution in [2.75, 3.05) is 13.7 Å². The first-order chi connectivity index (χ1) is 15.2. The van der Waals surface area contributed by atoms with Gasteiger partial charge in [-0.1, -0.05) is 57.6 Å². The molecule has 0 spiro atoms. The molecule has 5 heteroatoms. The van der Waals surface area contributed by atoms with Crippen molar-refractivity contribution >= 4 is 5.97 Å². The second-order valence-electron chi connectivity index (χ2n) is 9.74. The maximum atomic E-state index is 11.1. The first kappa shape index (κ1) is 31.1. The summed E-state index contributed by atoms with van der Waals surface area (Å²) in [4.78, 5) is 11.1. The maximum Gasteiger partial charge on any atom is 0.305 e. The van der Waals surface area contributed by atoms with E-state index in [9.17, 15) is 9.90 Å². The average Bonchev–Trinajstić information content (AvgIpc) is 2.73. The van der Waals surface area contributed by atoms with E-state index in [-0.39, 0.29) is 23.8 Å². The molecule has 2 atom stereocenters. The van der Waals surface area contributed by atoms with Crippen molar-refractivity contribution < 1.29 is 24.1 Å². The fourth-order valence-corrected chi connectivity index (χ4v) is 3.60. The molecule has 190 valence electrons. The van der Waals surface area contributed by atoms with Gasteiger partial charge in [0.2, 0.25) is 0 Å². The van der Waals surface area contributed by atoms with Crippen LogP contribution in [0.1, 0.15) is 118 Å². The van der Waals surface area contributed by atoms with Crippen LogP contribution in [0.4, 0.5) is 0 Å². The van der Waals surface area contributed by atoms with Gasteiger partial charge in [-0.15, -0.1) is 0 Å². The molecule has 0 bridgehead atoms. The predicted octanol–water partition coefficient (Wildman–Crippen LogP) is 6.76. The minimum absolute atomic E-state index is 0.115. The van der Waals surface area contributed by atoms with Gasteiger partial charge in [0.1, 0.15) is 0 Å². The Morgan fingerprint density at radius 1 is 1.00 bits per heavy atom. The van der Waals surface area contributed by atoms with Crippen LogP contribution in [0.5, 0.6) is 0 Å². The number of rotatable bonds is 21. The van der Waals surface area contributed by atoms with Crippen molar-refractivity contribution in [3.63, 3.8) is 0 Å². The molecule has 0 aromatic carbocycles. The van der Waals surface area contributed by atoms with Crippen molar-refractivity contribution in [1.82, 2.24) is 0 Å². The van der Waals surface area contributed by atoms with Crippen LogP contribution >= 0.6 is 0 Å². The van der Waals surface area contributed by atoms with Crippen molar-refractivity contribution in [2.45, 2.75) is 142 Å². The standard InChI is InChI=1S/C27H52O5/c1-7-8-15-19-25(32-27(4,5)21-22-31-23(2)3)24(28)18-16-13-11-9-10-12-14-17-20-26(29)30-6/h13,16,23-25,28H,7-12,14-15,17-22H2,1-6H3/b16-13-. The Hall–Kier alpha value is -0.910. The molecule has 0 rings (SSSR count). The van der Waals surface area contributed by atoms with Gasteiger partial charge in [0.25, 0.3) is 0 Å². The Balaban J connectivity index is 4.27. The van der Waals surface area contributed by atoms with Gasteiger partial charge in [-0.2, -0.15) is 0 Å². The number of methoxy groups -OCH3 is 1. The molecule has 1 N–H and O–H groups in total. The SMILES string of the molecule is CCCCCC(OC(C)(C)CCOC(C)C)C(O)C/C=C\CCCCCCCC(=O)OC. The summed E-state index contributed by atoms with van der Waals surface area (Å²) in [5.74, 6) is -0.115. The molecule has 0 radical (unpaired) electrons. The Kier molecular flexibility index (Phi) is 19.0. The summed E-state index contributed by atoms with van der Waals surface area (Å²) >= 11 is 0. The minimum Gasteiger partial charge on any atom is -0.469 e. The lowest BCUT2D eigenvalue weighted by atomic mass is 10.00. The number of carbonyl (C=O) groups excluding carboxylic acids is 1. The number of hydrogen-bond donors (Lipinski definition) is 1. The van der Waals surface area contributed by atoms with Crippen LogP contribution in [0.2, 0.25) is 0 Å². The third-order valence-electron chi connectivity index (χ3n) is 5.67. The van der Waals surface area contributed by atoms with Crippen molar-refractivity contribution in [2.24, 2.45) is 0 Å². The zero-order valence-corrected chi connectivity index (χ0v) is 21.9. The first-order valence-corrected chi connectivity index (χ1v) is 12.9. The molecule has 0 amide bonds. The molecule has 0 fully saturated rings. The van der Waals surface area contributed by atoms with E-state index in [0.717, 1.165) is 57.8 Å². The lowest BCUT2D eigenvalue weighted by Crippen LogP contribution is -2.38. The minimum atomic E-state index is -0.480. The van der Waals surface area contributed by atoms with Gasteiger partial charge >= 0.3 is 5.97 Å². The van der Waals surface area contributed by atoms with Gasteiger partial charge in [0.15, 0.2) is 0 Å². The van der Waals surface area contributed by atoms with Crippen molar-refractivity contribution in [3.8, 4) is 0 Å². The van der Waals surface area contributed by atoms with Crippen LogP contribution in [-0.2, 0) is 19.0 Å². The number of ether oxygens (including phenoxy) is 3. The summed E-state index contributed by atoms with van der Waals surface area (Å²) in [5, 5.41) is 10.8. The number of esters is 1. The molecule has 0 aliphatic carbocycles. The van der Waals surface area contributed by atoms with Gasteiger partial charge in [-0.3, -0.25) is 4.79 Å². The van der Waals surface area contributed by atoms with E-state index >= 15 is 0 Å². The molecule has 0 heterocycles. The number of allylic oxidation sites excluding steroid dienone is 1. The molecule has 2 unspecified atom stereocenters. The van der Waals surface area contributed by atoms with E-state index in [4.69, 9.17) is 9.47 Å². The fraction of sp³-hybridized carbons (Fsp3) is 0.889. The molecular formula is C27H52O5. The molecule has 5 nitrogen and oxygen atoms in total. The van der Waals surface area contributed by atoms with E-state index in [0.29, 0.717) is 19.4 Å². The first-order valence-electron chi connectivity index (χ1n) is 12.9. The largest absolute Gasteiger partial charge is 0.469 e. The van der Waals surface area contributed by atoms with Crippen molar-refractivity contribution in [3.05, 3.63) is 12.2 Å². The predicted molar refractivity (Wildman–Crippen MR) is 133 cm³/mol. The van der Waals surface area contributed by atoms with Crippen LogP contribution in [0.15, 0.2) is 12.2 Å². The lowest BCUT2D eigenvalue weighted by molar-refractivity contribution is -0.140. The average molecular weight is 457 g/mol.